The highest BCUT2D eigenvalue weighted by molar-refractivity contribution is 4.99. The van der Waals surface area contributed by atoms with E-state index in [0.29, 0.717) is 0 Å². The van der Waals surface area contributed by atoms with Crippen molar-refractivity contribution in [2.45, 2.75) is 0 Å². The largest absolute Gasteiger partial charge is 0.0687 e. The Bertz CT molecular complexity index is 4600. The van der Waals surface area contributed by atoms with Gasteiger partial charge < -0.3 is 0 Å². The van der Waals surface area contributed by atoms with Gasteiger partial charge in [-0.05, 0) is 105 Å². The summed E-state index contributed by atoms with van der Waals surface area (Å²) in [7, 11) is 0. The molecule has 0 spiro atoms. The van der Waals surface area contributed by atoms with Crippen LogP contribution in [0.1, 0.15) is 0 Å². The van der Waals surface area contributed by atoms with Crippen LogP contribution < -0.4 is 0 Å². The van der Waals surface area contributed by atoms with E-state index in [1.54, 1.807) is 0 Å². The second-order valence-electron chi connectivity index (χ2n) is 8.23. The van der Waals surface area contributed by atoms with Gasteiger partial charge in [0.2, 0.25) is 0 Å². The molecule has 272 valence electrons. The molecule has 0 unspecified atom stereocenters. The molecule has 0 aliphatic heterocycles. The Morgan fingerprint density at radius 3 is 0.164 bits per heavy atom. The van der Waals surface area contributed by atoms with Gasteiger partial charge in [-0.25, -0.2) is 0 Å². The molecule has 0 aliphatic rings. The maximum Gasteiger partial charge on any atom is 0 e. The van der Waals surface area contributed by atoms with Gasteiger partial charge in [0, 0.05) is 269 Å². The smallest absolute Gasteiger partial charge is 0 e. The first-order chi connectivity index (χ1) is 33.4. The molecule has 0 fully saturated rings. The Balaban J connectivity index is 6.13. The van der Waals surface area contributed by atoms with Crippen molar-refractivity contribution in [3.8, 4) is 0 Å². The minimum Gasteiger partial charge on any atom is -0.0687 e. The summed E-state index contributed by atoms with van der Waals surface area (Å²) in [5.74, 6) is 0. The number of hydrogen-bond acceptors (Lipinski definition) is 0. The number of rotatable bonds is 0. The fourth-order valence-electron chi connectivity index (χ4n) is 1.99. The SMILES string of the molecule is C=C=C=C=C=C=C=C=C=C=C=C=C=C=C=C=C=C=C=C=C=C=C=C=C=C=C=C=C=C=C=C=C=C=C=C=C=C=C=C=C=C=C=C=C=C=C=C=C=C=C=C=C=C=C=C=C=C=C=C=C=C=C=C=C=C=C. The van der Waals surface area contributed by atoms with Crippen LogP contribution in [0.15, 0.2) is 386 Å². The average Bonchev–Trinajstić information content (AvgIpc) is 3.34. The van der Waals surface area contributed by atoms with E-state index in [0.717, 1.165) is 0 Å². The predicted molar refractivity (Wildman–Crippen MR) is 240 cm³/mol. The van der Waals surface area contributed by atoms with Crippen molar-refractivity contribution in [2.24, 2.45) is 0 Å². The van der Waals surface area contributed by atoms with E-state index < -0.39 is 0 Å². The molecule has 0 nitrogen and oxygen atoms in total. The van der Waals surface area contributed by atoms with Crippen LogP contribution in [-0.2, 0) is 0 Å². The Morgan fingerprint density at radius 1 is 0.0746 bits per heavy atom. The summed E-state index contributed by atoms with van der Waals surface area (Å²) in [5.41, 5.74) is 162. The third-order valence-electron chi connectivity index (χ3n) is 4.05. The van der Waals surface area contributed by atoms with Crippen molar-refractivity contribution in [1.29, 1.82) is 0 Å². The van der Waals surface area contributed by atoms with E-state index in [1.807, 2.05) is 0 Å². The maximum atomic E-state index is 3.31. The summed E-state index contributed by atoms with van der Waals surface area (Å²) in [4.78, 5) is 0. The van der Waals surface area contributed by atoms with Crippen LogP contribution in [0, 0.1) is 0 Å². The van der Waals surface area contributed by atoms with Crippen molar-refractivity contribution in [3.05, 3.63) is 386 Å². The van der Waals surface area contributed by atoms with Crippen molar-refractivity contribution in [3.63, 3.8) is 0 Å². The second-order valence-corrected chi connectivity index (χ2v) is 8.23. The van der Waals surface area contributed by atoms with Crippen LogP contribution in [-0.4, -0.2) is 0 Å². The molecule has 67 heavy (non-hydrogen) atoms. The van der Waals surface area contributed by atoms with Crippen LogP contribution >= 0.6 is 0 Å². The van der Waals surface area contributed by atoms with Crippen molar-refractivity contribution < 1.29 is 0 Å². The summed E-state index contributed by atoms with van der Waals surface area (Å²) < 4.78 is 0. The Labute approximate surface area is 383 Å². The molecule has 0 N–H and O–H groups in total. The summed E-state index contributed by atoms with van der Waals surface area (Å²) in [6, 6.07) is 0. The van der Waals surface area contributed by atoms with Crippen LogP contribution in [0.25, 0.3) is 0 Å². The molecule has 0 rings (SSSR count). The lowest BCUT2D eigenvalue weighted by Gasteiger charge is -1.41. The predicted octanol–water partition coefficient (Wildman–Crippen LogP) is 10.9. The van der Waals surface area contributed by atoms with Crippen LogP contribution in [0.2, 0.25) is 0 Å². The molecule has 0 amide bonds. The zero-order valence-corrected chi connectivity index (χ0v) is 33.9. The Morgan fingerprint density at radius 2 is 0.119 bits per heavy atom. The standard InChI is InChI=1S/C67H4/c1-3-5-7-9-11-13-15-17-19-21-23-25-27-29-31-33-35-37-39-41-43-45-47-49-51-53-55-57-59-61-63-65-67-66-64-62-60-58-56-54-52-50-48-46-44-42-40-38-36-34-32-30-28-26-24-22-20-18-16-14-12-10-8-6-4-2/h1-2H2. The third kappa shape index (κ3) is 51.4. The highest BCUT2D eigenvalue weighted by Gasteiger charge is 1.47. The lowest BCUT2D eigenvalue weighted by atomic mass is 10.6. The van der Waals surface area contributed by atoms with Gasteiger partial charge in [0.25, 0.3) is 0 Å². The highest BCUT2D eigenvalue weighted by Crippen LogP contribution is 1.63. The molecule has 0 saturated heterocycles. The molecular weight excluding hydrogens is 805 g/mol. The molecule has 0 aromatic carbocycles. The summed E-state index contributed by atoms with van der Waals surface area (Å²) in [6.45, 7) is 6.63. The molecule has 0 bridgehead atoms. The van der Waals surface area contributed by atoms with E-state index in [1.165, 1.54) is 0 Å². The molecule has 0 atom stereocenters. The molecule has 0 saturated carbocycles. The van der Waals surface area contributed by atoms with Crippen LogP contribution in [0.3, 0.4) is 0 Å². The highest BCUT2D eigenvalue weighted by atomic mass is 13.5. The van der Waals surface area contributed by atoms with E-state index in [-0.39, 0.29) is 0 Å². The fraction of sp³-hybridized carbons (Fsp3) is 0. The molecule has 0 heterocycles. The summed E-state index contributed by atoms with van der Waals surface area (Å²) in [6.07, 6.45) is 0. The van der Waals surface area contributed by atoms with E-state index >= 15 is 0 Å². The zero-order valence-electron chi connectivity index (χ0n) is 33.9. The van der Waals surface area contributed by atoms with Gasteiger partial charge in [-0.1, -0.05) is 11.5 Å². The molecule has 0 radical (unpaired) electrons. The first-order valence-corrected chi connectivity index (χ1v) is 16.7. The van der Waals surface area contributed by atoms with Gasteiger partial charge in [-0.15, -0.1) is 0 Å². The Hall–Kier alpha value is -14.6. The first kappa shape index (κ1) is 52.4. The van der Waals surface area contributed by atoms with Crippen LogP contribution in [0.4, 0.5) is 0 Å². The second kappa shape index (κ2) is 51.4. The Kier molecular flexibility index (Phi) is 40.3. The molecular formula is C67H4. The fourth-order valence-corrected chi connectivity index (χ4v) is 1.99. The average molecular weight is 809 g/mol. The molecule has 0 aromatic rings. The van der Waals surface area contributed by atoms with Gasteiger partial charge in [-0.3, -0.25) is 0 Å². The van der Waals surface area contributed by atoms with Gasteiger partial charge in [0.1, 0.15) is 0 Å². The molecule has 0 aromatic heterocycles. The van der Waals surface area contributed by atoms with E-state index in [2.05, 4.69) is 386 Å². The maximum absolute atomic E-state index is 3.31. The number of hydrogen-bond donors (Lipinski definition) is 0. The minimum atomic E-state index is 2.37. The van der Waals surface area contributed by atoms with Gasteiger partial charge >= 0.3 is 0 Å². The lowest BCUT2D eigenvalue weighted by Crippen LogP contribution is -1.26. The van der Waals surface area contributed by atoms with E-state index in [4.69, 9.17) is 0 Å². The van der Waals surface area contributed by atoms with Gasteiger partial charge in [-0.2, -0.15) is 0 Å². The van der Waals surface area contributed by atoms with E-state index in [9.17, 15) is 0 Å². The monoisotopic (exact) mass is 808 g/mol. The quantitative estimate of drug-likeness (QED) is 0.214. The third-order valence-corrected chi connectivity index (χ3v) is 4.05. The zero-order chi connectivity index (χ0) is 48.0. The van der Waals surface area contributed by atoms with Crippen LogP contribution in [0.5, 0.6) is 0 Å². The lowest BCUT2D eigenvalue weighted by molar-refractivity contribution is 2.10. The molecule has 0 aliphatic carbocycles. The van der Waals surface area contributed by atoms with Crippen molar-refractivity contribution >= 4 is 0 Å². The van der Waals surface area contributed by atoms with Gasteiger partial charge in [0.05, 0.1) is 0 Å². The normalized spacial score (nSPS) is 3.94. The summed E-state index contributed by atoms with van der Waals surface area (Å²) in [5, 5.41) is 0. The van der Waals surface area contributed by atoms with Gasteiger partial charge in [0.15, 0.2) is 0 Å². The topological polar surface area (TPSA) is 0 Å². The summed E-state index contributed by atoms with van der Waals surface area (Å²) >= 11 is 0. The van der Waals surface area contributed by atoms with Crippen molar-refractivity contribution in [1.82, 2.24) is 0 Å². The first-order valence-electron chi connectivity index (χ1n) is 16.7. The molecule has 0 heteroatoms. The minimum absolute atomic E-state index is 2.37. The van der Waals surface area contributed by atoms with Crippen molar-refractivity contribution in [2.75, 3.05) is 0 Å².